The Hall–Kier alpha value is -3.14. The van der Waals surface area contributed by atoms with Crippen LogP contribution in [0.15, 0.2) is 66.0 Å². The number of fused-ring (bicyclic) bond motifs is 1. The molecule has 0 saturated heterocycles. The molecule has 4 aromatic rings. The fourth-order valence-electron chi connectivity index (χ4n) is 4.35. The Balaban J connectivity index is 1.52. The summed E-state index contributed by atoms with van der Waals surface area (Å²) in [4.78, 5) is 8.70. The molecular weight excluding hydrogens is 462 g/mol. The molecule has 0 bridgehead atoms. The van der Waals surface area contributed by atoms with E-state index < -0.39 is 10.0 Å². The zero-order valence-electron chi connectivity index (χ0n) is 17.5. The van der Waals surface area contributed by atoms with Crippen LogP contribution in [0.1, 0.15) is 25.3 Å². The van der Waals surface area contributed by atoms with Gasteiger partial charge in [-0.2, -0.15) is 0 Å². The minimum atomic E-state index is -3.82. The van der Waals surface area contributed by atoms with E-state index in [1.807, 2.05) is 10.8 Å². The third kappa shape index (κ3) is 4.03. The second-order valence-corrected chi connectivity index (χ2v) is 10.2. The SMILES string of the molecule is Nc1ncnc2c1c(-c1ccc(S(=O)(=O)Nc3ccccc3Cl)cc1)cn2C1CCC(O)C1. The molecule has 0 amide bonds. The molecular formula is C23H22ClN5O3S. The molecule has 2 atom stereocenters. The van der Waals surface area contributed by atoms with Crippen molar-refractivity contribution in [1.82, 2.24) is 14.5 Å². The van der Waals surface area contributed by atoms with Gasteiger partial charge >= 0.3 is 0 Å². The maximum absolute atomic E-state index is 12.8. The highest BCUT2D eigenvalue weighted by atomic mass is 35.5. The molecule has 33 heavy (non-hydrogen) atoms. The highest BCUT2D eigenvalue weighted by Gasteiger charge is 2.27. The quantitative estimate of drug-likeness (QED) is 0.390. The van der Waals surface area contributed by atoms with Crippen LogP contribution in [0.5, 0.6) is 0 Å². The highest BCUT2D eigenvalue weighted by Crippen LogP contribution is 2.39. The third-order valence-corrected chi connectivity index (χ3v) is 7.71. The van der Waals surface area contributed by atoms with Crippen LogP contribution in [0.3, 0.4) is 0 Å². The number of benzene rings is 2. The first-order chi connectivity index (χ1) is 15.8. The van der Waals surface area contributed by atoms with Crippen molar-refractivity contribution in [1.29, 1.82) is 0 Å². The lowest BCUT2D eigenvalue weighted by molar-refractivity contribution is 0.178. The Morgan fingerprint density at radius 2 is 1.85 bits per heavy atom. The number of hydrogen-bond acceptors (Lipinski definition) is 6. The first-order valence-electron chi connectivity index (χ1n) is 10.5. The molecule has 1 saturated carbocycles. The van der Waals surface area contributed by atoms with Crippen LogP contribution in [0, 0.1) is 0 Å². The fraction of sp³-hybridized carbons (Fsp3) is 0.217. The minimum Gasteiger partial charge on any atom is -0.393 e. The maximum Gasteiger partial charge on any atom is 0.261 e. The lowest BCUT2D eigenvalue weighted by atomic mass is 10.1. The Kier molecular flexibility index (Phi) is 5.48. The van der Waals surface area contributed by atoms with Crippen LogP contribution in [-0.4, -0.2) is 34.2 Å². The number of nitrogen functional groups attached to an aromatic ring is 1. The molecule has 2 aromatic heterocycles. The Labute approximate surface area is 196 Å². The number of para-hydroxylation sites is 1. The van der Waals surface area contributed by atoms with Gasteiger partial charge in [0.25, 0.3) is 10.0 Å². The number of nitrogens with one attached hydrogen (secondary N) is 1. The van der Waals surface area contributed by atoms with E-state index >= 15 is 0 Å². The van der Waals surface area contributed by atoms with E-state index in [1.165, 1.54) is 18.5 Å². The summed E-state index contributed by atoms with van der Waals surface area (Å²) in [6.45, 7) is 0. The Morgan fingerprint density at radius 1 is 1.09 bits per heavy atom. The van der Waals surface area contributed by atoms with Gasteiger partial charge in [-0.05, 0) is 49.1 Å². The standard InChI is InChI=1S/C23H22ClN5O3S/c24-19-3-1-2-4-20(19)28-33(31,32)17-9-5-14(6-10-17)18-12-29(15-7-8-16(30)11-15)23-21(18)22(25)26-13-27-23/h1-6,9-10,12-13,15-16,28,30H,7-8,11H2,(H2,25,26,27). The minimum absolute atomic E-state index is 0.109. The van der Waals surface area contributed by atoms with Crippen molar-refractivity contribution in [2.24, 2.45) is 0 Å². The number of halogens is 1. The number of hydrogen-bond donors (Lipinski definition) is 3. The summed E-state index contributed by atoms with van der Waals surface area (Å²) in [5.41, 5.74) is 8.82. The van der Waals surface area contributed by atoms with Crippen molar-refractivity contribution in [2.45, 2.75) is 36.3 Å². The summed E-state index contributed by atoms with van der Waals surface area (Å²) in [5, 5.41) is 11.0. The molecule has 0 spiro atoms. The molecule has 5 rings (SSSR count). The predicted octanol–water partition coefficient (Wildman–Crippen LogP) is 4.22. The number of aliphatic hydroxyl groups excluding tert-OH is 1. The van der Waals surface area contributed by atoms with Crippen molar-refractivity contribution in [3.05, 3.63) is 66.1 Å². The van der Waals surface area contributed by atoms with E-state index in [0.717, 1.165) is 24.0 Å². The van der Waals surface area contributed by atoms with Crippen LogP contribution in [-0.2, 0) is 10.0 Å². The van der Waals surface area contributed by atoms with Gasteiger partial charge in [-0.25, -0.2) is 18.4 Å². The van der Waals surface area contributed by atoms with Gasteiger partial charge in [0.15, 0.2) is 0 Å². The van der Waals surface area contributed by atoms with Crippen molar-refractivity contribution < 1.29 is 13.5 Å². The summed E-state index contributed by atoms with van der Waals surface area (Å²) in [5.74, 6) is 0.351. The van der Waals surface area contributed by atoms with Crippen molar-refractivity contribution >= 4 is 44.2 Å². The monoisotopic (exact) mass is 483 g/mol. The molecule has 2 heterocycles. The summed E-state index contributed by atoms with van der Waals surface area (Å²) < 4.78 is 30.2. The fourth-order valence-corrected chi connectivity index (χ4v) is 5.67. The highest BCUT2D eigenvalue weighted by molar-refractivity contribution is 7.92. The van der Waals surface area contributed by atoms with Crippen molar-refractivity contribution in [3.63, 3.8) is 0 Å². The van der Waals surface area contributed by atoms with Crippen LogP contribution >= 0.6 is 11.6 Å². The molecule has 1 fully saturated rings. The van der Waals surface area contributed by atoms with Gasteiger partial charge in [-0.1, -0.05) is 35.9 Å². The second kappa shape index (κ2) is 8.33. The van der Waals surface area contributed by atoms with Crippen molar-refractivity contribution in [3.8, 4) is 11.1 Å². The molecule has 2 unspecified atom stereocenters. The third-order valence-electron chi connectivity index (χ3n) is 6.00. The van der Waals surface area contributed by atoms with Gasteiger partial charge < -0.3 is 15.4 Å². The lowest BCUT2D eigenvalue weighted by Crippen LogP contribution is -2.13. The molecule has 170 valence electrons. The van der Waals surface area contributed by atoms with E-state index in [0.29, 0.717) is 34.0 Å². The first-order valence-corrected chi connectivity index (χ1v) is 12.4. The van der Waals surface area contributed by atoms with Gasteiger partial charge in [0.05, 0.1) is 27.1 Å². The second-order valence-electron chi connectivity index (χ2n) is 8.14. The molecule has 0 radical (unpaired) electrons. The van der Waals surface area contributed by atoms with Gasteiger partial charge in [-0.15, -0.1) is 0 Å². The van der Waals surface area contributed by atoms with E-state index in [4.69, 9.17) is 17.3 Å². The average Bonchev–Trinajstić information content (AvgIpc) is 3.40. The summed E-state index contributed by atoms with van der Waals surface area (Å²) in [6.07, 6.45) is 5.30. The molecule has 2 aromatic carbocycles. The van der Waals surface area contributed by atoms with Crippen molar-refractivity contribution in [2.75, 3.05) is 10.5 Å². The van der Waals surface area contributed by atoms with Gasteiger partial charge in [0, 0.05) is 17.8 Å². The lowest BCUT2D eigenvalue weighted by Gasteiger charge is -2.12. The number of rotatable bonds is 5. The number of nitrogens with two attached hydrogens (primary N) is 1. The predicted molar refractivity (Wildman–Crippen MR) is 129 cm³/mol. The Bertz CT molecular complexity index is 1440. The average molecular weight is 484 g/mol. The van der Waals surface area contributed by atoms with Gasteiger partial charge in [0.1, 0.15) is 17.8 Å². The van der Waals surface area contributed by atoms with Crippen LogP contribution in [0.4, 0.5) is 11.5 Å². The number of anilines is 2. The van der Waals surface area contributed by atoms with E-state index in [1.54, 1.807) is 36.4 Å². The molecule has 1 aliphatic carbocycles. The topological polar surface area (TPSA) is 123 Å². The number of aromatic nitrogens is 3. The van der Waals surface area contributed by atoms with Crippen LogP contribution in [0.25, 0.3) is 22.2 Å². The molecule has 0 aliphatic heterocycles. The normalized spacial score (nSPS) is 18.6. The number of sulfonamides is 1. The number of nitrogens with zero attached hydrogens (tertiary/aromatic N) is 3. The van der Waals surface area contributed by atoms with E-state index in [2.05, 4.69) is 14.7 Å². The molecule has 10 heteroatoms. The van der Waals surface area contributed by atoms with Gasteiger partial charge in [0.2, 0.25) is 0 Å². The molecule has 1 aliphatic rings. The first kappa shape index (κ1) is 21.7. The number of aliphatic hydroxyl groups is 1. The molecule has 8 nitrogen and oxygen atoms in total. The van der Waals surface area contributed by atoms with E-state index in [9.17, 15) is 13.5 Å². The Morgan fingerprint density at radius 3 is 2.55 bits per heavy atom. The summed E-state index contributed by atoms with van der Waals surface area (Å²) in [6, 6.07) is 13.3. The van der Waals surface area contributed by atoms with Crippen LogP contribution < -0.4 is 10.5 Å². The van der Waals surface area contributed by atoms with E-state index in [-0.39, 0.29) is 17.0 Å². The molecule has 4 N–H and O–H groups in total. The zero-order chi connectivity index (χ0) is 23.2. The van der Waals surface area contributed by atoms with Crippen LogP contribution in [0.2, 0.25) is 5.02 Å². The van der Waals surface area contributed by atoms with Gasteiger partial charge in [-0.3, -0.25) is 4.72 Å². The maximum atomic E-state index is 12.8. The largest absolute Gasteiger partial charge is 0.393 e. The smallest absolute Gasteiger partial charge is 0.261 e. The summed E-state index contributed by atoms with van der Waals surface area (Å²) in [7, 11) is -3.82. The summed E-state index contributed by atoms with van der Waals surface area (Å²) >= 11 is 6.09. The zero-order valence-corrected chi connectivity index (χ0v) is 19.1.